The van der Waals surface area contributed by atoms with E-state index in [0.717, 1.165) is 30.6 Å². The van der Waals surface area contributed by atoms with Gasteiger partial charge in [-0.2, -0.15) is 0 Å². The Morgan fingerprint density at radius 2 is 1.84 bits per heavy atom. The predicted octanol–water partition coefficient (Wildman–Crippen LogP) is 1.64. The summed E-state index contributed by atoms with van der Waals surface area (Å²) in [7, 11) is 0. The summed E-state index contributed by atoms with van der Waals surface area (Å²) in [6.45, 7) is 2.79. The number of likely N-dealkylation sites (tertiary alicyclic amines) is 1. The molecular weight excluding hydrogens is 320 g/mol. The number of urea groups is 1. The van der Waals surface area contributed by atoms with Crippen LogP contribution in [0.4, 0.5) is 4.79 Å². The molecule has 0 aromatic carbocycles. The average molecular weight is 344 g/mol. The lowest BCUT2D eigenvalue weighted by Gasteiger charge is -2.26. The van der Waals surface area contributed by atoms with Crippen molar-refractivity contribution >= 4 is 17.8 Å². The molecule has 3 heterocycles. The van der Waals surface area contributed by atoms with Crippen molar-refractivity contribution < 1.29 is 14.4 Å². The molecule has 0 unspecified atom stereocenters. The van der Waals surface area contributed by atoms with Crippen molar-refractivity contribution in [2.24, 2.45) is 0 Å². The van der Waals surface area contributed by atoms with E-state index in [1.807, 2.05) is 0 Å². The van der Waals surface area contributed by atoms with Gasteiger partial charge in [-0.25, -0.2) is 4.79 Å². The largest absolute Gasteiger partial charge is 0.341 e. The fourth-order valence-electron chi connectivity index (χ4n) is 3.40. The molecule has 2 fully saturated rings. The molecule has 2 aliphatic rings. The summed E-state index contributed by atoms with van der Waals surface area (Å²) in [5, 5.41) is 2.68. The highest BCUT2D eigenvalue weighted by atomic mass is 16.2. The summed E-state index contributed by atoms with van der Waals surface area (Å²) >= 11 is 0. The zero-order valence-corrected chi connectivity index (χ0v) is 14.5. The van der Waals surface area contributed by atoms with Crippen molar-refractivity contribution in [1.82, 2.24) is 20.1 Å². The van der Waals surface area contributed by atoms with Crippen LogP contribution in [-0.2, 0) is 15.1 Å². The summed E-state index contributed by atoms with van der Waals surface area (Å²) in [6.07, 6.45) is 6.95. The zero-order valence-electron chi connectivity index (χ0n) is 14.5. The van der Waals surface area contributed by atoms with Crippen molar-refractivity contribution in [3.05, 3.63) is 30.1 Å². The number of pyridine rings is 1. The Hall–Kier alpha value is -2.44. The van der Waals surface area contributed by atoms with Crippen LogP contribution >= 0.6 is 0 Å². The maximum absolute atomic E-state index is 12.8. The highest BCUT2D eigenvalue weighted by molar-refractivity contribution is 6.08. The van der Waals surface area contributed by atoms with Crippen LogP contribution in [0.3, 0.4) is 0 Å². The SMILES string of the molecule is C[C@]1(c2ccccn2)NC(=O)N(CC(=O)N2CCCCCCC2)C1=O. The topological polar surface area (TPSA) is 82.6 Å². The fourth-order valence-corrected chi connectivity index (χ4v) is 3.40. The van der Waals surface area contributed by atoms with Crippen molar-refractivity contribution in [2.75, 3.05) is 19.6 Å². The molecule has 0 radical (unpaired) electrons. The molecule has 3 rings (SSSR count). The number of nitrogens with one attached hydrogen (secondary N) is 1. The second-order valence-electron chi connectivity index (χ2n) is 6.81. The Morgan fingerprint density at radius 3 is 2.48 bits per heavy atom. The molecule has 0 spiro atoms. The number of nitrogens with zero attached hydrogens (tertiary/aromatic N) is 3. The second-order valence-corrected chi connectivity index (χ2v) is 6.81. The number of carbonyl (C=O) groups is 3. The monoisotopic (exact) mass is 344 g/mol. The molecule has 7 nitrogen and oxygen atoms in total. The van der Waals surface area contributed by atoms with E-state index in [1.165, 1.54) is 6.42 Å². The van der Waals surface area contributed by atoms with Gasteiger partial charge >= 0.3 is 6.03 Å². The predicted molar refractivity (Wildman–Crippen MR) is 91.5 cm³/mol. The number of carbonyl (C=O) groups excluding carboxylic acids is 3. The third kappa shape index (κ3) is 3.50. The van der Waals surface area contributed by atoms with Crippen LogP contribution in [0.2, 0.25) is 0 Å². The highest BCUT2D eigenvalue weighted by Gasteiger charge is 2.50. The zero-order chi connectivity index (χ0) is 17.9. The van der Waals surface area contributed by atoms with Crippen molar-refractivity contribution in [3.8, 4) is 0 Å². The van der Waals surface area contributed by atoms with Crippen LogP contribution in [0.5, 0.6) is 0 Å². The Kier molecular flexibility index (Phi) is 5.01. The van der Waals surface area contributed by atoms with E-state index < -0.39 is 17.5 Å². The number of hydrogen-bond acceptors (Lipinski definition) is 4. The van der Waals surface area contributed by atoms with Gasteiger partial charge < -0.3 is 10.2 Å². The van der Waals surface area contributed by atoms with Gasteiger partial charge in [0.05, 0.1) is 5.69 Å². The quantitative estimate of drug-likeness (QED) is 0.845. The molecule has 1 aromatic rings. The summed E-state index contributed by atoms with van der Waals surface area (Å²) in [6, 6.07) is 4.67. The van der Waals surface area contributed by atoms with Gasteiger partial charge in [0.1, 0.15) is 6.54 Å². The Morgan fingerprint density at radius 1 is 1.16 bits per heavy atom. The van der Waals surface area contributed by atoms with E-state index >= 15 is 0 Å². The number of hydrogen-bond donors (Lipinski definition) is 1. The molecule has 2 saturated heterocycles. The van der Waals surface area contributed by atoms with Gasteiger partial charge in [0.15, 0.2) is 5.54 Å². The van der Waals surface area contributed by atoms with Crippen molar-refractivity contribution in [2.45, 2.75) is 44.6 Å². The van der Waals surface area contributed by atoms with Gasteiger partial charge in [-0.1, -0.05) is 25.3 Å². The minimum Gasteiger partial charge on any atom is -0.341 e. The van der Waals surface area contributed by atoms with E-state index in [-0.39, 0.29) is 12.5 Å². The minimum atomic E-state index is -1.23. The summed E-state index contributed by atoms with van der Waals surface area (Å²) in [4.78, 5) is 44.7. The Labute approximate surface area is 147 Å². The third-order valence-corrected chi connectivity index (χ3v) is 4.95. The molecule has 0 saturated carbocycles. The summed E-state index contributed by atoms with van der Waals surface area (Å²) < 4.78 is 0. The van der Waals surface area contributed by atoms with Crippen molar-refractivity contribution in [3.63, 3.8) is 0 Å². The Balaban J connectivity index is 1.71. The molecule has 0 bridgehead atoms. The standard InChI is InChI=1S/C18H24N4O3/c1-18(14-9-5-6-10-19-14)16(24)22(17(25)20-18)13-15(23)21-11-7-3-2-4-8-12-21/h5-6,9-10H,2-4,7-8,11-13H2,1H3,(H,20,25)/t18-/m1/s1. The van der Waals surface area contributed by atoms with Crippen LogP contribution in [0.15, 0.2) is 24.4 Å². The first-order valence-electron chi connectivity index (χ1n) is 8.86. The maximum atomic E-state index is 12.8. The highest BCUT2D eigenvalue weighted by Crippen LogP contribution is 2.27. The number of aromatic nitrogens is 1. The lowest BCUT2D eigenvalue weighted by Crippen LogP contribution is -2.45. The van der Waals surface area contributed by atoms with E-state index in [1.54, 1.807) is 36.2 Å². The van der Waals surface area contributed by atoms with Crippen LogP contribution in [0, 0.1) is 0 Å². The maximum Gasteiger partial charge on any atom is 0.325 e. The smallest absolute Gasteiger partial charge is 0.325 e. The van der Waals surface area contributed by atoms with E-state index in [2.05, 4.69) is 10.3 Å². The number of amides is 4. The fraction of sp³-hybridized carbons (Fsp3) is 0.556. The number of rotatable bonds is 3. The molecule has 25 heavy (non-hydrogen) atoms. The van der Waals surface area contributed by atoms with Crippen molar-refractivity contribution in [1.29, 1.82) is 0 Å². The van der Waals surface area contributed by atoms with Gasteiger partial charge in [0.2, 0.25) is 5.91 Å². The molecule has 1 aromatic heterocycles. The van der Waals surface area contributed by atoms with Gasteiger partial charge in [-0.15, -0.1) is 0 Å². The van der Waals surface area contributed by atoms with Crippen LogP contribution in [0.1, 0.15) is 44.7 Å². The molecule has 0 aliphatic carbocycles. The minimum absolute atomic E-state index is 0.171. The van der Waals surface area contributed by atoms with E-state index in [4.69, 9.17) is 0 Å². The molecule has 4 amide bonds. The molecule has 1 N–H and O–H groups in total. The first kappa shape index (κ1) is 17.4. The second kappa shape index (κ2) is 7.21. The third-order valence-electron chi connectivity index (χ3n) is 4.95. The number of imide groups is 1. The Bertz CT molecular complexity index is 656. The lowest BCUT2D eigenvalue weighted by atomic mass is 9.97. The van der Waals surface area contributed by atoms with E-state index in [0.29, 0.717) is 18.8 Å². The van der Waals surface area contributed by atoms with Crippen LogP contribution in [0.25, 0.3) is 0 Å². The van der Waals surface area contributed by atoms with E-state index in [9.17, 15) is 14.4 Å². The van der Waals surface area contributed by atoms with Gasteiger partial charge in [0, 0.05) is 19.3 Å². The summed E-state index contributed by atoms with van der Waals surface area (Å²) in [5.41, 5.74) is -0.760. The molecular formula is C18H24N4O3. The van der Waals surface area contributed by atoms with Gasteiger partial charge in [-0.05, 0) is 31.9 Å². The normalized spacial score (nSPS) is 24.7. The first-order valence-corrected chi connectivity index (χ1v) is 8.86. The molecule has 1 atom stereocenters. The first-order chi connectivity index (χ1) is 12.0. The summed E-state index contributed by atoms with van der Waals surface area (Å²) in [5.74, 6) is -0.604. The van der Waals surface area contributed by atoms with Crippen LogP contribution < -0.4 is 5.32 Å². The molecule has 7 heteroatoms. The molecule has 2 aliphatic heterocycles. The molecule has 134 valence electrons. The van der Waals surface area contributed by atoms with Crippen LogP contribution in [-0.4, -0.2) is 52.3 Å². The van der Waals surface area contributed by atoms with Gasteiger partial charge in [-0.3, -0.25) is 19.5 Å². The lowest BCUT2D eigenvalue weighted by molar-refractivity contribution is -0.139. The van der Waals surface area contributed by atoms with Gasteiger partial charge in [0.25, 0.3) is 5.91 Å². The average Bonchev–Trinajstić information content (AvgIpc) is 2.79.